The first-order valence-electron chi connectivity index (χ1n) is 6.42. The molecule has 90 valence electrons. The molecule has 2 heteroatoms. The Balaban J connectivity index is 2.37. The number of rotatable bonds is 7. The lowest BCUT2D eigenvalue weighted by Gasteiger charge is -2.15. The van der Waals surface area contributed by atoms with Crippen molar-refractivity contribution >= 4 is 5.82 Å². The van der Waals surface area contributed by atoms with E-state index in [4.69, 9.17) is 0 Å². The van der Waals surface area contributed by atoms with Gasteiger partial charge in [0.2, 0.25) is 0 Å². The van der Waals surface area contributed by atoms with E-state index < -0.39 is 0 Å². The van der Waals surface area contributed by atoms with Crippen LogP contribution in [0.1, 0.15) is 45.1 Å². The maximum atomic E-state index is 4.31. The van der Waals surface area contributed by atoms with Gasteiger partial charge in [-0.05, 0) is 37.0 Å². The largest absolute Gasteiger partial charge is 0.370 e. The summed E-state index contributed by atoms with van der Waals surface area (Å²) in [7, 11) is 0. The minimum absolute atomic E-state index is 0.780. The monoisotopic (exact) mass is 220 g/mol. The number of aromatic nitrogens is 1. The van der Waals surface area contributed by atoms with Crippen LogP contribution in [-0.4, -0.2) is 11.5 Å². The topological polar surface area (TPSA) is 24.9 Å². The molecule has 0 aliphatic rings. The van der Waals surface area contributed by atoms with Crippen molar-refractivity contribution in [2.75, 3.05) is 11.9 Å². The van der Waals surface area contributed by atoms with Crippen molar-refractivity contribution in [1.82, 2.24) is 4.98 Å². The number of unbranched alkanes of at least 4 members (excludes halogenated alkanes) is 1. The van der Waals surface area contributed by atoms with E-state index in [1.165, 1.54) is 31.2 Å². The highest BCUT2D eigenvalue weighted by atomic mass is 15.0. The second-order valence-corrected chi connectivity index (χ2v) is 4.52. The average molecular weight is 220 g/mol. The second kappa shape index (κ2) is 7.26. The predicted octanol–water partition coefficient (Wildman–Crippen LogP) is 4.02. The molecule has 0 bridgehead atoms. The zero-order valence-corrected chi connectivity index (χ0v) is 10.8. The standard InChI is InChI=1S/C14H24N2/c1-4-6-7-13(5-2)11-16-14-10-12(3)8-9-15-14/h8-10,13H,4-7,11H2,1-3H3,(H,15,16). The highest BCUT2D eigenvalue weighted by molar-refractivity contribution is 5.36. The highest BCUT2D eigenvalue weighted by Crippen LogP contribution is 2.14. The second-order valence-electron chi connectivity index (χ2n) is 4.52. The molecule has 0 fully saturated rings. The molecule has 1 unspecified atom stereocenters. The lowest BCUT2D eigenvalue weighted by atomic mass is 9.99. The van der Waals surface area contributed by atoms with Gasteiger partial charge in [-0.2, -0.15) is 0 Å². The fourth-order valence-corrected chi connectivity index (χ4v) is 1.83. The van der Waals surface area contributed by atoms with Crippen LogP contribution in [0.5, 0.6) is 0 Å². The average Bonchev–Trinajstić information content (AvgIpc) is 2.29. The van der Waals surface area contributed by atoms with Crippen molar-refractivity contribution in [3.63, 3.8) is 0 Å². The first-order chi connectivity index (χ1) is 7.76. The first-order valence-corrected chi connectivity index (χ1v) is 6.42. The third kappa shape index (κ3) is 4.65. The summed E-state index contributed by atoms with van der Waals surface area (Å²) < 4.78 is 0. The molecule has 0 aromatic carbocycles. The Morgan fingerprint density at radius 1 is 1.38 bits per heavy atom. The van der Waals surface area contributed by atoms with Crippen LogP contribution >= 0.6 is 0 Å². The summed E-state index contributed by atoms with van der Waals surface area (Å²) in [5.74, 6) is 1.79. The van der Waals surface area contributed by atoms with E-state index in [0.29, 0.717) is 0 Å². The molecule has 0 saturated heterocycles. The van der Waals surface area contributed by atoms with Crippen molar-refractivity contribution in [2.45, 2.75) is 46.5 Å². The molecule has 1 heterocycles. The van der Waals surface area contributed by atoms with Crippen LogP contribution in [-0.2, 0) is 0 Å². The molecule has 0 aliphatic heterocycles. The van der Waals surface area contributed by atoms with E-state index >= 15 is 0 Å². The van der Waals surface area contributed by atoms with Crippen molar-refractivity contribution in [3.8, 4) is 0 Å². The number of hydrogen-bond donors (Lipinski definition) is 1. The first kappa shape index (κ1) is 13.0. The van der Waals surface area contributed by atoms with E-state index in [0.717, 1.165) is 18.3 Å². The summed E-state index contributed by atoms with van der Waals surface area (Å²) >= 11 is 0. The van der Waals surface area contributed by atoms with Crippen molar-refractivity contribution in [2.24, 2.45) is 5.92 Å². The van der Waals surface area contributed by atoms with Gasteiger partial charge in [0.1, 0.15) is 5.82 Å². The van der Waals surface area contributed by atoms with Crippen LogP contribution in [0.25, 0.3) is 0 Å². The van der Waals surface area contributed by atoms with E-state index in [9.17, 15) is 0 Å². The fraction of sp³-hybridized carbons (Fsp3) is 0.643. The minimum atomic E-state index is 0.780. The zero-order chi connectivity index (χ0) is 11.8. The Labute approximate surface area is 99.5 Å². The quantitative estimate of drug-likeness (QED) is 0.750. The lowest BCUT2D eigenvalue weighted by Crippen LogP contribution is -2.14. The number of anilines is 1. The Bertz CT molecular complexity index is 297. The molecule has 1 aromatic heterocycles. The molecule has 1 atom stereocenters. The van der Waals surface area contributed by atoms with E-state index in [2.05, 4.69) is 37.1 Å². The number of hydrogen-bond acceptors (Lipinski definition) is 2. The number of nitrogens with one attached hydrogen (secondary N) is 1. The molecule has 0 amide bonds. The molecule has 0 aliphatic carbocycles. The van der Waals surface area contributed by atoms with E-state index in [1.807, 2.05) is 12.3 Å². The van der Waals surface area contributed by atoms with E-state index in [1.54, 1.807) is 0 Å². The summed E-state index contributed by atoms with van der Waals surface area (Å²) in [4.78, 5) is 4.31. The van der Waals surface area contributed by atoms with Gasteiger partial charge in [0.05, 0.1) is 0 Å². The van der Waals surface area contributed by atoms with Gasteiger partial charge in [0.25, 0.3) is 0 Å². The SMILES string of the molecule is CCCCC(CC)CNc1cc(C)ccn1. The van der Waals surface area contributed by atoms with Gasteiger partial charge >= 0.3 is 0 Å². The van der Waals surface area contributed by atoms with Gasteiger partial charge in [-0.3, -0.25) is 0 Å². The molecule has 0 saturated carbocycles. The molecule has 1 N–H and O–H groups in total. The normalized spacial score (nSPS) is 12.4. The van der Waals surface area contributed by atoms with Gasteiger partial charge in [0.15, 0.2) is 0 Å². The summed E-state index contributed by atoms with van der Waals surface area (Å²) in [6, 6.07) is 4.13. The maximum Gasteiger partial charge on any atom is 0.126 e. The smallest absolute Gasteiger partial charge is 0.126 e. The van der Waals surface area contributed by atoms with Crippen LogP contribution in [0.3, 0.4) is 0 Å². The lowest BCUT2D eigenvalue weighted by molar-refractivity contribution is 0.472. The van der Waals surface area contributed by atoms with Crippen molar-refractivity contribution < 1.29 is 0 Å². The summed E-state index contributed by atoms with van der Waals surface area (Å²) in [6.07, 6.45) is 7.07. The molecule has 1 rings (SSSR count). The fourth-order valence-electron chi connectivity index (χ4n) is 1.83. The van der Waals surface area contributed by atoms with Gasteiger partial charge in [0, 0.05) is 12.7 Å². The summed E-state index contributed by atoms with van der Waals surface area (Å²) in [5.41, 5.74) is 1.26. The Morgan fingerprint density at radius 3 is 2.81 bits per heavy atom. The molecule has 1 aromatic rings. The third-order valence-electron chi connectivity index (χ3n) is 3.03. The van der Waals surface area contributed by atoms with Crippen LogP contribution in [0.2, 0.25) is 0 Å². The van der Waals surface area contributed by atoms with Gasteiger partial charge < -0.3 is 5.32 Å². The summed E-state index contributed by atoms with van der Waals surface area (Å²) in [6.45, 7) is 7.67. The summed E-state index contributed by atoms with van der Waals surface area (Å²) in [5, 5.41) is 3.43. The molecule has 2 nitrogen and oxygen atoms in total. The van der Waals surface area contributed by atoms with Crippen LogP contribution < -0.4 is 5.32 Å². The van der Waals surface area contributed by atoms with E-state index in [-0.39, 0.29) is 0 Å². The molecule has 0 spiro atoms. The van der Waals surface area contributed by atoms with Gasteiger partial charge in [-0.15, -0.1) is 0 Å². The molecular formula is C14H24N2. The van der Waals surface area contributed by atoms with Crippen LogP contribution in [0.4, 0.5) is 5.82 Å². The van der Waals surface area contributed by atoms with Gasteiger partial charge in [-0.1, -0.05) is 33.1 Å². The molecule has 0 radical (unpaired) electrons. The van der Waals surface area contributed by atoms with Crippen LogP contribution in [0.15, 0.2) is 18.3 Å². The van der Waals surface area contributed by atoms with Crippen molar-refractivity contribution in [3.05, 3.63) is 23.9 Å². The number of pyridine rings is 1. The number of aryl methyl sites for hydroxylation is 1. The predicted molar refractivity (Wildman–Crippen MR) is 70.8 cm³/mol. The Hall–Kier alpha value is -1.05. The van der Waals surface area contributed by atoms with Crippen molar-refractivity contribution in [1.29, 1.82) is 0 Å². The highest BCUT2D eigenvalue weighted by Gasteiger charge is 2.05. The minimum Gasteiger partial charge on any atom is -0.370 e. The van der Waals surface area contributed by atoms with Gasteiger partial charge in [-0.25, -0.2) is 4.98 Å². The number of nitrogens with zero attached hydrogens (tertiary/aromatic N) is 1. The Morgan fingerprint density at radius 2 is 2.19 bits per heavy atom. The zero-order valence-electron chi connectivity index (χ0n) is 10.8. The maximum absolute atomic E-state index is 4.31. The molecular weight excluding hydrogens is 196 g/mol. The van der Waals surface area contributed by atoms with Crippen LogP contribution in [0, 0.1) is 12.8 Å². The third-order valence-corrected chi connectivity index (χ3v) is 3.03. The molecule has 16 heavy (non-hydrogen) atoms. The Kier molecular flexibility index (Phi) is 5.91.